The van der Waals surface area contributed by atoms with Crippen molar-refractivity contribution in [2.24, 2.45) is 0 Å². The van der Waals surface area contributed by atoms with Gasteiger partial charge in [0.05, 0.1) is 12.0 Å². The van der Waals surface area contributed by atoms with E-state index in [2.05, 4.69) is 0 Å². The molecule has 3 nitrogen and oxygen atoms in total. The van der Waals surface area contributed by atoms with Crippen LogP contribution in [0.1, 0.15) is 39.5 Å². The van der Waals surface area contributed by atoms with Crippen molar-refractivity contribution in [1.29, 1.82) is 0 Å². The van der Waals surface area contributed by atoms with Crippen molar-refractivity contribution >= 4 is 31.3 Å². The van der Waals surface area contributed by atoms with Crippen molar-refractivity contribution in [3.05, 3.63) is 10.7 Å². The predicted octanol–water partition coefficient (Wildman–Crippen LogP) is 3.69. The molecule has 0 aromatic heterocycles. The first-order chi connectivity index (χ1) is 8.36. The van der Waals surface area contributed by atoms with E-state index in [0.29, 0.717) is 5.25 Å². The van der Waals surface area contributed by atoms with Gasteiger partial charge in [0.1, 0.15) is 11.4 Å². The number of hydrogen-bond donors (Lipinski definition) is 0. The fraction of sp³-hybridized carbons (Fsp3) is 0.833. The van der Waals surface area contributed by atoms with Crippen molar-refractivity contribution in [3.63, 3.8) is 0 Å². The Labute approximate surface area is 119 Å². The van der Waals surface area contributed by atoms with Gasteiger partial charge in [-0.25, -0.2) is 4.52 Å². The van der Waals surface area contributed by atoms with E-state index in [9.17, 15) is 4.89 Å². The molecular formula is C12H20ClO3PS. The van der Waals surface area contributed by atoms with Crippen LogP contribution in [0.5, 0.6) is 0 Å². The van der Waals surface area contributed by atoms with Crippen LogP contribution in [0.4, 0.5) is 0 Å². The summed E-state index contributed by atoms with van der Waals surface area (Å²) in [6, 6.07) is 0. The Balaban J connectivity index is 2.09. The molecule has 1 fully saturated rings. The van der Waals surface area contributed by atoms with Gasteiger partial charge in [-0.3, -0.25) is 0 Å². The zero-order valence-electron chi connectivity index (χ0n) is 11.0. The number of alkyl halides is 1. The molecule has 6 heteroatoms. The van der Waals surface area contributed by atoms with Crippen LogP contribution >= 0.6 is 31.3 Å². The quantitative estimate of drug-likeness (QED) is 0.589. The summed E-state index contributed by atoms with van der Waals surface area (Å²) in [5.74, 6) is 1.66. The first-order valence-corrected chi connectivity index (χ1v) is 9.19. The summed E-state index contributed by atoms with van der Waals surface area (Å²) in [6.45, 7) is 3.85. The molecule has 0 spiro atoms. The van der Waals surface area contributed by atoms with Crippen LogP contribution in [0.3, 0.4) is 0 Å². The topological polar surface area (TPSA) is 41.5 Å². The van der Waals surface area contributed by atoms with Gasteiger partial charge in [0.15, 0.2) is 0 Å². The largest absolute Gasteiger partial charge is 0.627 e. The molecule has 2 aliphatic rings. The monoisotopic (exact) mass is 310 g/mol. The van der Waals surface area contributed by atoms with Crippen molar-refractivity contribution in [3.8, 4) is 0 Å². The molecule has 1 saturated carbocycles. The zero-order valence-corrected chi connectivity index (χ0v) is 13.5. The minimum absolute atomic E-state index is 0.197. The Bertz CT molecular complexity index is 350. The van der Waals surface area contributed by atoms with E-state index in [1.54, 1.807) is 17.6 Å². The van der Waals surface area contributed by atoms with Gasteiger partial charge >= 0.3 is 0 Å². The van der Waals surface area contributed by atoms with Gasteiger partial charge in [-0.15, -0.1) is 23.4 Å². The minimum Gasteiger partial charge on any atom is -0.627 e. The second-order valence-electron chi connectivity index (χ2n) is 5.27. The molecule has 1 unspecified atom stereocenters. The molecule has 1 heterocycles. The van der Waals surface area contributed by atoms with E-state index < -0.39 is 13.5 Å². The number of hydrogen-bond acceptors (Lipinski definition) is 4. The third-order valence-electron chi connectivity index (χ3n) is 3.38. The molecule has 3 atom stereocenters. The van der Waals surface area contributed by atoms with Gasteiger partial charge in [-0.1, -0.05) is 12.8 Å². The van der Waals surface area contributed by atoms with Crippen LogP contribution in [0.25, 0.3) is 0 Å². The van der Waals surface area contributed by atoms with Crippen LogP contribution in [0.15, 0.2) is 10.7 Å². The van der Waals surface area contributed by atoms with E-state index in [1.165, 1.54) is 20.0 Å². The smallest absolute Gasteiger partial charge is 0.265 e. The standard InChI is InChI=1S/C12H20ClO3PS/c1-12(2)11(8-17(14,15-3)16-12)18-10-7-5-4-6-9(10)13/h8-10H,4-7H2,1-3H3/t9-,10-,17?/m1/s1. The van der Waals surface area contributed by atoms with Crippen molar-refractivity contribution in [2.45, 2.75) is 55.8 Å². The molecule has 18 heavy (non-hydrogen) atoms. The summed E-state index contributed by atoms with van der Waals surface area (Å²) in [7, 11) is -1.62. The number of rotatable bonds is 3. The summed E-state index contributed by atoms with van der Waals surface area (Å²) in [6.07, 6.45) is 4.61. The lowest BCUT2D eigenvalue weighted by Crippen LogP contribution is -2.27. The molecule has 1 aliphatic heterocycles. The maximum Gasteiger partial charge on any atom is 0.265 e. The highest BCUT2D eigenvalue weighted by Crippen LogP contribution is 2.65. The highest BCUT2D eigenvalue weighted by atomic mass is 35.5. The Morgan fingerprint density at radius 1 is 1.50 bits per heavy atom. The normalized spacial score (nSPS) is 39.7. The van der Waals surface area contributed by atoms with Crippen molar-refractivity contribution < 1.29 is 13.9 Å². The van der Waals surface area contributed by atoms with Gasteiger partial charge in [0, 0.05) is 10.6 Å². The Morgan fingerprint density at radius 3 is 2.72 bits per heavy atom. The SMILES string of the molecule is CO[P+]1([O-])C=C(S[C@@H]2CCCC[C@H]2Cl)C(C)(C)O1. The van der Waals surface area contributed by atoms with Crippen LogP contribution in [-0.2, 0) is 9.05 Å². The van der Waals surface area contributed by atoms with Gasteiger partial charge in [0.2, 0.25) is 0 Å². The molecule has 0 amide bonds. The second-order valence-corrected chi connectivity index (χ2v) is 9.00. The number of halogens is 1. The highest BCUT2D eigenvalue weighted by Gasteiger charge is 2.48. The molecule has 104 valence electrons. The predicted molar refractivity (Wildman–Crippen MR) is 76.7 cm³/mol. The number of thioether (sulfide) groups is 1. The highest BCUT2D eigenvalue weighted by molar-refractivity contribution is 8.04. The lowest BCUT2D eigenvalue weighted by Gasteiger charge is -2.29. The lowest BCUT2D eigenvalue weighted by atomic mass is 10.00. The molecule has 0 saturated heterocycles. The summed E-state index contributed by atoms with van der Waals surface area (Å²) in [5, 5.41) is 0.584. The Kier molecular flexibility index (Phi) is 4.69. The average molecular weight is 311 g/mol. The average Bonchev–Trinajstić information content (AvgIpc) is 2.53. The Morgan fingerprint density at radius 2 is 2.17 bits per heavy atom. The maximum atomic E-state index is 12.2. The van der Waals surface area contributed by atoms with Crippen LogP contribution < -0.4 is 4.89 Å². The van der Waals surface area contributed by atoms with E-state index in [-0.39, 0.29) is 5.38 Å². The summed E-state index contributed by atoms with van der Waals surface area (Å²) in [5.41, 5.74) is -0.537. The fourth-order valence-electron chi connectivity index (χ4n) is 2.30. The zero-order chi connectivity index (χ0) is 13.4. The molecule has 0 radical (unpaired) electrons. The first kappa shape index (κ1) is 15.1. The first-order valence-electron chi connectivity index (χ1n) is 6.26. The van der Waals surface area contributed by atoms with Crippen LogP contribution in [0.2, 0.25) is 0 Å². The molecule has 0 aromatic carbocycles. The van der Waals surface area contributed by atoms with E-state index in [1.807, 2.05) is 13.8 Å². The van der Waals surface area contributed by atoms with Gasteiger partial charge < -0.3 is 4.89 Å². The fourth-order valence-corrected chi connectivity index (χ4v) is 6.21. The van der Waals surface area contributed by atoms with E-state index in [4.69, 9.17) is 20.6 Å². The molecule has 0 N–H and O–H groups in total. The molecule has 1 aliphatic carbocycles. The van der Waals surface area contributed by atoms with Crippen LogP contribution in [0, 0.1) is 0 Å². The molecular weight excluding hydrogens is 291 g/mol. The van der Waals surface area contributed by atoms with Gasteiger partial charge in [-0.05, 0) is 26.7 Å². The van der Waals surface area contributed by atoms with Gasteiger partial charge in [-0.2, -0.15) is 4.52 Å². The summed E-state index contributed by atoms with van der Waals surface area (Å²) < 4.78 is 10.5. The summed E-state index contributed by atoms with van der Waals surface area (Å²) >= 11 is 8.08. The third kappa shape index (κ3) is 3.23. The second kappa shape index (κ2) is 5.59. The lowest BCUT2D eigenvalue weighted by molar-refractivity contribution is -0.216. The van der Waals surface area contributed by atoms with Crippen molar-refractivity contribution in [1.82, 2.24) is 0 Å². The van der Waals surface area contributed by atoms with Crippen molar-refractivity contribution in [2.75, 3.05) is 7.11 Å². The van der Waals surface area contributed by atoms with E-state index >= 15 is 0 Å². The minimum atomic E-state index is -3.04. The third-order valence-corrected chi connectivity index (χ3v) is 7.75. The summed E-state index contributed by atoms with van der Waals surface area (Å²) in [4.78, 5) is 13.2. The molecule has 0 bridgehead atoms. The van der Waals surface area contributed by atoms with Crippen LogP contribution in [-0.4, -0.2) is 23.3 Å². The molecule has 0 aromatic rings. The van der Waals surface area contributed by atoms with E-state index in [0.717, 1.165) is 17.7 Å². The maximum absolute atomic E-state index is 12.2. The Hall–Kier alpha value is 0.690. The van der Waals surface area contributed by atoms with Gasteiger partial charge in [0.25, 0.3) is 7.94 Å². The molecule has 2 rings (SSSR count).